The number of carboxylic acids is 2. The van der Waals surface area contributed by atoms with Crippen LogP contribution in [0.3, 0.4) is 0 Å². The Morgan fingerprint density at radius 2 is 1.87 bits per heavy atom. The number of carbonyl (C=O) groups is 2. The first kappa shape index (κ1) is 21.4. The summed E-state index contributed by atoms with van der Waals surface area (Å²) >= 11 is 0. The van der Waals surface area contributed by atoms with Gasteiger partial charge in [0, 0.05) is 11.3 Å². The molecular formula is C24H32O6. The van der Waals surface area contributed by atoms with Crippen LogP contribution in [0.1, 0.15) is 64.7 Å². The number of rotatable bonds is 4. The number of carboxylic acid groups (broad SMARTS) is 2. The molecule has 0 saturated heterocycles. The Kier molecular flexibility index (Phi) is 5.06. The number of hydrogen-bond donors (Lipinski definition) is 4. The van der Waals surface area contributed by atoms with Crippen LogP contribution < -0.4 is 0 Å². The van der Waals surface area contributed by atoms with E-state index in [1.165, 1.54) is 0 Å². The maximum absolute atomic E-state index is 11.5. The van der Waals surface area contributed by atoms with Gasteiger partial charge in [0.1, 0.15) is 5.60 Å². The minimum absolute atomic E-state index is 0.172. The van der Waals surface area contributed by atoms with Crippen molar-refractivity contribution in [2.75, 3.05) is 0 Å². The highest BCUT2D eigenvalue weighted by Crippen LogP contribution is 2.65. The molecule has 0 bridgehead atoms. The average Bonchev–Trinajstić information content (AvgIpc) is 2.93. The van der Waals surface area contributed by atoms with Crippen LogP contribution in [-0.2, 0) is 9.59 Å². The van der Waals surface area contributed by atoms with Crippen LogP contribution in [0.2, 0.25) is 0 Å². The van der Waals surface area contributed by atoms with E-state index < -0.39 is 35.5 Å². The molecule has 4 aliphatic rings. The second kappa shape index (κ2) is 7.10. The number of fused-ring (bicyclic) bond motifs is 5. The van der Waals surface area contributed by atoms with E-state index in [-0.39, 0.29) is 17.8 Å². The predicted molar refractivity (Wildman–Crippen MR) is 109 cm³/mol. The average molecular weight is 417 g/mol. The molecule has 30 heavy (non-hydrogen) atoms. The van der Waals surface area contributed by atoms with Crippen LogP contribution in [0.5, 0.6) is 0 Å². The highest BCUT2D eigenvalue weighted by atomic mass is 16.4. The topological polar surface area (TPSA) is 115 Å². The molecule has 3 saturated carbocycles. The Hall–Kier alpha value is -1.84. The molecule has 3 fully saturated rings. The lowest BCUT2D eigenvalue weighted by Gasteiger charge is -2.56. The second-order valence-electron chi connectivity index (χ2n) is 10.4. The molecule has 0 aromatic carbocycles. The molecule has 1 unspecified atom stereocenters. The van der Waals surface area contributed by atoms with Crippen molar-refractivity contribution in [3.63, 3.8) is 0 Å². The van der Waals surface area contributed by atoms with Crippen molar-refractivity contribution < 1.29 is 30.0 Å². The van der Waals surface area contributed by atoms with E-state index in [0.29, 0.717) is 30.6 Å². The minimum atomic E-state index is -1.61. The van der Waals surface area contributed by atoms with Gasteiger partial charge < -0.3 is 20.4 Å². The summed E-state index contributed by atoms with van der Waals surface area (Å²) in [6.45, 7) is 2.13. The normalized spacial score (nSPS) is 47.3. The standard InChI is InChI=1S/C24H32O6/c1-3-24(30)9-7-19-17-5-4-14-12-23(29,13-21(27)28)15(11-20(25)26)10-18(14)16(17)6-8-22(19,24)2/h1,12,15-19,29-30H,4-11,13H2,2H3,(H,25,26)(H,27,28)/t15?,16-,17+,18-,19-,22-,23-,24-/m0/s1. The van der Waals surface area contributed by atoms with Gasteiger partial charge in [-0.2, -0.15) is 0 Å². The summed E-state index contributed by atoms with van der Waals surface area (Å²) in [4.78, 5) is 22.8. The van der Waals surface area contributed by atoms with Crippen molar-refractivity contribution in [3.8, 4) is 12.3 Å². The largest absolute Gasteiger partial charge is 0.481 e. The lowest BCUT2D eigenvalue weighted by atomic mass is 9.49. The Morgan fingerprint density at radius 1 is 1.13 bits per heavy atom. The van der Waals surface area contributed by atoms with E-state index in [9.17, 15) is 30.0 Å². The fourth-order valence-corrected chi connectivity index (χ4v) is 7.64. The van der Waals surface area contributed by atoms with E-state index in [4.69, 9.17) is 6.42 Å². The summed E-state index contributed by atoms with van der Waals surface area (Å²) in [6, 6.07) is 0. The van der Waals surface area contributed by atoms with Crippen molar-refractivity contribution in [1.82, 2.24) is 0 Å². The summed E-state index contributed by atoms with van der Waals surface area (Å²) in [5, 5.41) is 40.8. The molecule has 164 valence electrons. The lowest BCUT2D eigenvalue weighted by Crippen LogP contribution is -2.53. The van der Waals surface area contributed by atoms with Gasteiger partial charge in [-0.05, 0) is 68.6 Å². The first-order valence-corrected chi connectivity index (χ1v) is 11.1. The third-order valence-corrected chi connectivity index (χ3v) is 9.18. The van der Waals surface area contributed by atoms with E-state index >= 15 is 0 Å². The third-order valence-electron chi connectivity index (χ3n) is 9.18. The number of aliphatic hydroxyl groups is 2. The van der Waals surface area contributed by atoms with E-state index in [1.54, 1.807) is 6.08 Å². The summed E-state index contributed by atoms with van der Waals surface area (Å²) in [5.41, 5.74) is -1.86. The van der Waals surface area contributed by atoms with Crippen LogP contribution in [-0.4, -0.2) is 43.6 Å². The van der Waals surface area contributed by atoms with Gasteiger partial charge in [-0.15, -0.1) is 6.42 Å². The number of hydrogen-bond acceptors (Lipinski definition) is 4. The van der Waals surface area contributed by atoms with Crippen LogP contribution in [0.25, 0.3) is 0 Å². The Bertz CT molecular complexity index is 826. The fraction of sp³-hybridized carbons (Fsp3) is 0.750. The SMILES string of the molecule is C#C[C@]1(O)CC[C@H]2[C@@H]3CCC4=C[C@](O)(CC(=O)O)C(CC(=O)O)C[C@@H]4[C@H]3CC[C@@]21C. The van der Waals surface area contributed by atoms with Gasteiger partial charge in [0.15, 0.2) is 0 Å². The highest BCUT2D eigenvalue weighted by Gasteiger charge is 2.62. The van der Waals surface area contributed by atoms with Gasteiger partial charge in [0.25, 0.3) is 0 Å². The van der Waals surface area contributed by atoms with Gasteiger partial charge >= 0.3 is 11.9 Å². The molecule has 4 aliphatic carbocycles. The fourth-order valence-electron chi connectivity index (χ4n) is 7.64. The van der Waals surface area contributed by atoms with Crippen molar-refractivity contribution in [2.45, 2.75) is 75.9 Å². The molecule has 6 heteroatoms. The Morgan fingerprint density at radius 3 is 2.50 bits per heavy atom. The van der Waals surface area contributed by atoms with Gasteiger partial charge in [0.05, 0.1) is 18.4 Å². The van der Waals surface area contributed by atoms with Crippen molar-refractivity contribution >= 4 is 11.9 Å². The molecule has 0 amide bonds. The molecule has 0 aromatic rings. The quantitative estimate of drug-likeness (QED) is 0.414. The molecule has 0 aromatic heterocycles. The molecule has 0 heterocycles. The summed E-state index contributed by atoms with van der Waals surface area (Å²) in [5.74, 6) is 1.24. The Balaban J connectivity index is 1.64. The molecule has 4 rings (SSSR count). The first-order valence-electron chi connectivity index (χ1n) is 11.1. The van der Waals surface area contributed by atoms with Crippen molar-refractivity contribution in [3.05, 3.63) is 11.6 Å². The number of aliphatic carboxylic acids is 2. The zero-order chi connectivity index (χ0) is 21.9. The van der Waals surface area contributed by atoms with Gasteiger partial charge in [0.2, 0.25) is 0 Å². The summed E-state index contributed by atoms with van der Waals surface area (Å²) in [7, 11) is 0. The molecule has 0 radical (unpaired) electrons. The second-order valence-corrected chi connectivity index (χ2v) is 10.4. The summed E-state index contributed by atoms with van der Waals surface area (Å²) in [6.07, 6.45) is 12.2. The molecule has 8 atom stereocenters. The van der Waals surface area contributed by atoms with Crippen molar-refractivity contribution in [2.24, 2.45) is 35.0 Å². The lowest BCUT2D eigenvalue weighted by molar-refractivity contribution is -0.149. The zero-order valence-electron chi connectivity index (χ0n) is 17.5. The minimum Gasteiger partial charge on any atom is -0.481 e. The first-order chi connectivity index (χ1) is 14.0. The maximum atomic E-state index is 11.5. The van der Waals surface area contributed by atoms with Crippen LogP contribution in [0.15, 0.2) is 11.6 Å². The monoisotopic (exact) mass is 416 g/mol. The van der Waals surface area contributed by atoms with E-state index in [2.05, 4.69) is 12.8 Å². The number of allylic oxidation sites excluding steroid dienone is 1. The molecule has 4 N–H and O–H groups in total. The van der Waals surface area contributed by atoms with Crippen LogP contribution in [0, 0.1) is 47.3 Å². The Labute approximate surface area is 177 Å². The van der Waals surface area contributed by atoms with E-state index in [0.717, 1.165) is 37.7 Å². The van der Waals surface area contributed by atoms with Crippen LogP contribution in [0.4, 0.5) is 0 Å². The molecule has 0 spiro atoms. The van der Waals surface area contributed by atoms with Gasteiger partial charge in [-0.1, -0.05) is 24.5 Å². The maximum Gasteiger partial charge on any atom is 0.306 e. The smallest absolute Gasteiger partial charge is 0.306 e. The number of terminal acetylenes is 1. The summed E-state index contributed by atoms with van der Waals surface area (Å²) < 4.78 is 0. The zero-order valence-corrected chi connectivity index (χ0v) is 17.5. The highest BCUT2D eigenvalue weighted by molar-refractivity contribution is 5.70. The van der Waals surface area contributed by atoms with E-state index in [1.807, 2.05) is 0 Å². The predicted octanol–water partition coefficient (Wildman–Crippen LogP) is 2.83. The molecular weight excluding hydrogens is 384 g/mol. The van der Waals surface area contributed by atoms with Crippen molar-refractivity contribution in [1.29, 1.82) is 0 Å². The van der Waals surface area contributed by atoms with Gasteiger partial charge in [-0.3, -0.25) is 9.59 Å². The van der Waals surface area contributed by atoms with Crippen LogP contribution >= 0.6 is 0 Å². The molecule has 6 nitrogen and oxygen atoms in total. The van der Waals surface area contributed by atoms with Gasteiger partial charge in [-0.25, -0.2) is 0 Å². The third kappa shape index (κ3) is 3.09. The molecule has 0 aliphatic heterocycles.